The first-order chi connectivity index (χ1) is 10.3. The number of rotatable bonds is 2. The molecule has 1 aliphatic rings. The number of hydrogen-bond donors (Lipinski definition) is 1. The van der Waals surface area contributed by atoms with Crippen LogP contribution in [0.25, 0.3) is 11.1 Å². The summed E-state index contributed by atoms with van der Waals surface area (Å²) in [4.78, 5) is 0. The van der Waals surface area contributed by atoms with Gasteiger partial charge in [-0.2, -0.15) is 0 Å². The van der Waals surface area contributed by atoms with Gasteiger partial charge in [-0.15, -0.1) is 0 Å². The van der Waals surface area contributed by atoms with E-state index in [0.717, 1.165) is 16.6 Å². The Morgan fingerprint density at radius 1 is 0.818 bits per heavy atom. The lowest BCUT2D eigenvalue weighted by Gasteiger charge is -2.32. The molecule has 0 bridgehead atoms. The Morgan fingerprint density at radius 3 is 2.00 bits per heavy atom. The van der Waals surface area contributed by atoms with Gasteiger partial charge in [-0.25, -0.2) is 0 Å². The first-order valence-corrected chi connectivity index (χ1v) is 7.61. The zero-order valence-corrected chi connectivity index (χ0v) is 13.6. The summed E-state index contributed by atoms with van der Waals surface area (Å²) < 4.78 is 12.2. The Hall–Kier alpha value is -1.78. The lowest BCUT2D eigenvalue weighted by atomic mass is 9.76. The highest BCUT2D eigenvalue weighted by atomic mass is 16.7. The molecule has 22 heavy (non-hydrogen) atoms. The molecular weight excluding hydrogens is 273 g/mol. The molecule has 0 saturated carbocycles. The molecule has 1 saturated heterocycles. The van der Waals surface area contributed by atoms with Crippen molar-refractivity contribution in [3.8, 4) is 11.1 Å². The minimum Gasteiger partial charge on any atom is -0.399 e. The van der Waals surface area contributed by atoms with E-state index in [0.29, 0.717) is 5.69 Å². The summed E-state index contributed by atoms with van der Waals surface area (Å²) >= 11 is 0. The third-order valence-electron chi connectivity index (χ3n) is 4.73. The van der Waals surface area contributed by atoms with Crippen LogP contribution in [0.1, 0.15) is 27.7 Å². The van der Waals surface area contributed by atoms with Crippen LogP contribution in [-0.2, 0) is 9.31 Å². The molecule has 0 radical (unpaired) electrons. The van der Waals surface area contributed by atoms with Crippen LogP contribution in [-0.4, -0.2) is 18.3 Å². The standard InChI is InChI=1S/C18H22BNO2/c1-17(2)18(3,4)22-19(21-17)15-12-8-11-14(16(15)20)13-9-6-5-7-10-13/h5-12H,20H2,1-4H3. The fraction of sp³-hybridized carbons (Fsp3) is 0.333. The second-order valence-electron chi connectivity index (χ2n) is 6.76. The Bertz CT molecular complexity index is 667. The molecule has 0 aliphatic carbocycles. The highest BCUT2D eigenvalue weighted by Gasteiger charge is 2.52. The van der Waals surface area contributed by atoms with Crippen LogP contribution < -0.4 is 11.2 Å². The van der Waals surface area contributed by atoms with E-state index in [2.05, 4.69) is 12.1 Å². The van der Waals surface area contributed by atoms with Crippen LogP contribution >= 0.6 is 0 Å². The van der Waals surface area contributed by atoms with Gasteiger partial charge in [0.2, 0.25) is 0 Å². The SMILES string of the molecule is CC1(C)OB(c2cccc(-c3ccccc3)c2N)OC1(C)C. The van der Waals surface area contributed by atoms with Crippen molar-refractivity contribution >= 4 is 18.3 Å². The monoisotopic (exact) mass is 295 g/mol. The van der Waals surface area contributed by atoms with E-state index in [1.54, 1.807) is 0 Å². The Balaban J connectivity index is 2.01. The van der Waals surface area contributed by atoms with E-state index in [4.69, 9.17) is 15.0 Å². The molecule has 2 N–H and O–H groups in total. The number of para-hydroxylation sites is 1. The van der Waals surface area contributed by atoms with Gasteiger partial charge in [0, 0.05) is 16.7 Å². The summed E-state index contributed by atoms with van der Waals surface area (Å²) in [6, 6.07) is 16.1. The molecule has 4 heteroatoms. The smallest absolute Gasteiger partial charge is 0.399 e. The maximum atomic E-state index is 6.41. The fourth-order valence-electron chi connectivity index (χ4n) is 2.63. The summed E-state index contributed by atoms with van der Waals surface area (Å²) in [5.41, 5.74) is 9.38. The summed E-state index contributed by atoms with van der Waals surface area (Å²) in [5, 5.41) is 0. The molecule has 3 rings (SSSR count). The predicted octanol–water partition coefficient (Wildman–Crippen LogP) is 3.24. The highest BCUT2D eigenvalue weighted by molar-refractivity contribution is 6.64. The fourth-order valence-corrected chi connectivity index (χ4v) is 2.63. The minimum absolute atomic E-state index is 0.368. The molecule has 1 aliphatic heterocycles. The van der Waals surface area contributed by atoms with Gasteiger partial charge in [-0.3, -0.25) is 0 Å². The molecule has 1 heterocycles. The van der Waals surface area contributed by atoms with E-state index in [1.165, 1.54) is 0 Å². The van der Waals surface area contributed by atoms with Gasteiger partial charge in [0.05, 0.1) is 11.2 Å². The van der Waals surface area contributed by atoms with Crippen LogP contribution in [0.4, 0.5) is 5.69 Å². The van der Waals surface area contributed by atoms with Crippen LogP contribution in [0.2, 0.25) is 0 Å². The predicted molar refractivity (Wildman–Crippen MR) is 92.0 cm³/mol. The molecule has 0 spiro atoms. The van der Waals surface area contributed by atoms with Gasteiger partial charge in [0.1, 0.15) is 0 Å². The Labute approximate surface area is 132 Å². The number of nitrogen functional groups attached to an aromatic ring is 1. The zero-order chi connectivity index (χ0) is 16.0. The van der Waals surface area contributed by atoms with E-state index >= 15 is 0 Å². The molecule has 0 atom stereocenters. The van der Waals surface area contributed by atoms with E-state index in [-0.39, 0.29) is 11.2 Å². The second kappa shape index (κ2) is 5.15. The van der Waals surface area contributed by atoms with Crippen molar-refractivity contribution in [3.63, 3.8) is 0 Å². The maximum absolute atomic E-state index is 6.41. The molecule has 3 nitrogen and oxygen atoms in total. The van der Waals surface area contributed by atoms with Gasteiger partial charge in [-0.05, 0) is 33.3 Å². The molecule has 2 aromatic rings. The minimum atomic E-state index is -0.436. The number of hydrogen-bond acceptors (Lipinski definition) is 3. The van der Waals surface area contributed by atoms with Crippen LogP contribution in [0, 0.1) is 0 Å². The van der Waals surface area contributed by atoms with Crippen molar-refractivity contribution in [1.82, 2.24) is 0 Å². The second-order valence-corrected chi connectivity index (χ2v) is 6.76. The summed E-state index contributed by atoms with van der Waals surface area (Å²) in [6.45, 7) is 8.18. The van der Waals surface area contributed by atoms with Gasteiger partial charge >= 0.3 is 7.12 Å². The van der Waals surface area contributed by atoms with Gasteiger partial charge in [0.15, 0.2) is 0 Å². The third kappa shape index (κ3) is 2.42. The lowest BCUT2D eigenvalue weighted by Crippen LogP contribution is -2.41. The first kappa shape index (κ1) is 15.1. The van der Waals surface area contributed by atoms with Crippen molar-refractivity contribution in [1.29, 1.82) is 0 Å². The molecule has 2 aromatic carbocycles. The third-order valence-corrected chi connectivity index (χ3v) is 4.73. The molecule has 1 fully saturated rings. The molecule has 0 unspecified atom stereocenters. The average molecular weight is 295 g/mol. The molecule has 0 aromatic heterocycles. The number of nitrogens with two attached hydrogens (primary N) is 1. The van der Waals surface area contributed by atoms with Crippen LogP contribution in [0.3, 0.4) is 0 Å². The lowest BCUT2D eigenvalue weighted by molar-refractivity contribution is 0.00578. The molecular formula is C18H22BNO2. The largest absolute Gasteiger partial charge is 0.496 e. The van der Waals surface area contributed by atoms with Crippen molar-refractivity contribution in [3.05, 3.63) is 48.5 Å². The van der Waals surface area contributed by atoms with Gasteiger partial charge in [-0.1, -0.05) is 48.5 Å². The van der Waals surface area contributed by atoms with Gasteiger partial charge in [0.25, 0.3) is 0 Å². The van der Waals surface area contributed by atoms with Crippen molar-refractivity contribution in [2.45, 2.75) is 38.9 Å². The van der Waals surface area contributed by atoms with E-state index in [9.17, 15) is 0 Å². The van der Waals surface area contributed by atoms with Crippen molar-refractivity contribution in [2.24, 2.45) is 0 Å². The highest BCUT2D eigenvalue weighted by Crippen LogP contribution is 2.37. The van der Waals surface area contributed by atoms with Crippen molar-refractivity contribution < 1.29 is 9.31 Å². The number of anilines is 1. The molecule has 114 valence electrons. The van der Waals surface area contributed by atoms with E-state index in [1.807, 2.05) is 64.1 Å². The maximum Gasteiger partial charge on any atom is 0.496 e. The Morgan fingerprint density at radius 2 is 1.41 bits per heavy atom. The molecule has 0 amide bonds. The Kier molecular flexibility index (Phi) is 3.54. The average Bonchev–Trinajstić information content (AvgIpc) is 2.68. The van der Waals surface area contributed by atoms with Crippen LogP contribution in [0.5, 0.6) is 0 Å². The first-order valence-electron chi connectivity index (χ1n) is 7.61. The normalized spacial score (nSPS) is 19.4. The van der Waals surface area contributed by atoms with Gasteiger partial charge < -0.3 is 15.0 Å². The summed E-state index contributed by atoms with van der Waals surface area (Å²) in [7, 11) is -0.436. The van der Waals surface area contributed by atoms with E-state index < -0.39 is 7.12 Å². The topological polar surface area (TPSA) is 44.5 Å². The number of benzene rings is 2. The summed E-state index contributed by atoms with van der Waals surface area (Å²) in [6.07, 6.45) is 0. The van der Waals surface area contributed by atoms with Crippen LogP contribution in [0.15, 0.2) is 48.5 Å². The summed E-state index contributed by atoms with van der Waals surface area (Å²) in [5.74, 6) is 0. The van der Waals surface area contributed by atoms with Crippen molar-refractivity contribution in [2.75, 3.05) is 5.73 Å². The zero-order valence-electron chi connectivity index (χ0n) is 13.6. The quantitative estimate of drug-likeness (QED) is 0.683.